The first kappa shape index (κ1) is 23.2. The average molecular weight is 530 g/mol. The normalized spacial score (nSPS) is 11.6. The minimum absolute atomic E-state index is 0.233. The second-order valence-electron chi connectivity index (χ2n) is 10.1. The van der Waals surface area contributed by atoms with Crippen molar-refractivity contribution >= 4 is 38.4 Å². The number of rotatable bonds is 3. The third-order valence-electron chi connectivity index (χ3n) is 7.85. The number of hydrogen-bond acceptors (Lipinski definition) is 2. The quantitative estimate of drug-likeness (QED) is 0.224. The highest BCUT2D eigenvalue weighted by Crippen LogP contribution is 2.39. The smallest absolute Gasteiger partial charge is 0.280 e. The van der Waals surface area contributed by atoms with E-state index < -0.39 is 0 Å². The highest BCUT2D eigenvalue weighted by atomic mass is 16.1. The molecule has 0 spiro atoms. The summed E-state index contributed by atoms with van der Waals surface area (Å²) in [5, 5.41) is 1.69. The summed E-state index contributed by atoms with van der Waals surface area (Å²) in [5.41, 5.74) is 5.90. The highest BCUT2D eigenvalue weighted by Gasteiger charge is 2.26. The van der Waals surface area contributed by atoms with Crippen molar-refractivity contribution in [3.63, 3.8) is 0 Å². The number of fused-ring (bicyclic) bond motifs is 6. The van der Waals surface area contributed by atoms with Crippen LogP contribution in [0.4, 0.5) is 0 Å². The third-order valence-corrected chi connectivity index (χ3v) is 7.85. The van der Waals surface area contributed by atoms with Crippen LogP contribution in [0.25, 0.3) is 60.9 Å². The van der Waals surface area contributed by atoms with Crippen LogP contribution in [0.15, 0.2) is 149 Å². The minimum atomic E-state index is -0.246. The van der Waals surface area contributed by atoms with Crippen molar-refractivity contribution in [3.8, 4) is 22.5 Å². The first-order chi connectivity index (χ1) is 20.2. The topological polar surface area (TPSA) is 48.4 Å². The van der Waals surface area contributed by atoms with Gasteiger partial charge in [-0.2, -0.15) is 0 Å². The Labute approximate surface area is 234 Å². The van der Waals surface area contributed by atoms with Crippen LogP contribution in [0.2, 0.25) is 0 Å². The molecule has 0 unspecified atom stereocenters. The Morgan fingerprint density at radius 3 is 1.59 bits per heavy atom. The Morgan fingerprint density at radius 1 is 0.415 bits per heavy atom. The van der Waals surface area contributed by atoms with Crippen LogP contribution in [-0.2, 0) is 0 Å². The lowest BCUT2D eigenvalue weighted by Gasteiger charge is -2.18. The second-order valence-corrected chi connectivity index (χ2v) is 10.1. The van der Waals surface area contributed by atoms with E-state index in [9.17, 15) is 9.59 Å². The van der Waals surface area contributed by atoms with Crippen molar-refractivity contribution < 1.29 is 0 Å². The summed E-state index contributed by atoms with van der Waals surface area (Å²) in [7, 11) is 0. The summed E-state index contributed by atoms with van der Waals surface area (Å²) >= 11 is 0. The molecule has 0 aliphatic carbocycles. The fraction of sp³-hybridized carbons (Fsp3) is 0. The van der Waals surface area contributed by atoms with Gasteiger partial charge in [-0.3, -0.25) is 18.6 Å². The van der Waals surface area contributed by atoms with Crippen LogP contribution in [-0.4, -0.2) is 13.5 Å². The van der Waals surface area contributed by atoms with E-state index in [2.05, 4.69) is 0 Å². The number of aromatic nitrogens is 3. The zero-order valence-electron chi connectivity index (χ0n) is 21.9. The van der Waals surface area contributed by atoms with Crippen molar-refractivity contribution in [2.45, 2.75) is 0 Å². The average Bonchev–Trinajstić information content (AvgIpc) is 3.38. The first-order valence-electron chi connectivity index (χ1n) is 13.6. The molecule has 8 rings (SSSR count). The molecule has 41 heavy (non-hydrogen) atoms. The Balaban J connectivity index is 1.74. The zero-order chi connectivity index (χ0) is 27.5. The summed E-state index contributed by atoms with van der Waals surface area (Å²) in [6.45, 7) is 0. The molecule has 0 radical (unpaired) electrons. The van der Waals surface area contributed by atoms with Gasteiger partial charge in [0.15, 0.2) is 0 Å². The van der Waals surface area contributed by atoms with E-state index in [4.69, 9.17) is 0 Å². The molecule has 5 nitrogen and oxygen atoms in total. The van der Waals surface area contributed by atoms with Crippen LogP contribution >= 0.6 is 0 Å². The molecule has 8 aromatic rings. The van der Waals surface area contributed by atoms with Gasteiger partial charge in [-0.1, -0.05) is 97.1 Å². The van der Waals surface area contributed by atoms with Crippen LogP contribution in [0.1, 0.15) is 0 Å². The maximum Gasteiger partial charge on any atom is 0.280 e. The molecule has 0 saturated heterocycles. The Morgan fingerprint density at radius 2 is 0.927 bits per heavy atom. The van der Waals surface area contributed by atoms with E-state index in [1.54, 1.807) is 8.97 Å². The molecule has 194 valence electrons. The number of nitrogens with zero attached hydrogens (tertiary/aromatic N) is 3. The summed E-state index contributed by atoms with van der Waals surface area (Å²) in [6.07, 6.45) is 0. The van der Waals surface area contributed by atoms with E-state index in [1.807, 2.05) is 144 Å². The van der Waals surface area contributed by atoms with Gasteiger partial charge in [0.25, 0.3) is 11.1 Å². The number of hydrogen-bond donors (Lipinski definition) is 0. The SMILES string of the molecule is O=c1c2c(-c3ccccc3)c3c4ccccc4n(-c4ccccc4)c3c(=O)n2c2ccccc2n1-c1ccccc1. The maximum atomic E-state index is 14.8. The van der Waals surface area contributed by atoms with E-state index in [0.717, 1.165) is 38.8 Å². The van der Waals surface area contributed by atoms with Gasteiger partial charge in [-0.05, 0) is 48.0 Å². The lowest BCUT2D eigenvalue weighted by atomic mass is 9.98. The Bertz CT molecular complexity index is 2380. The number of pyridine rings is 1. The molecule has 0 N–H and O–H groups in total. The maximum absolute atomic E-state index is 14.8. The van der Waals surface area contributed by atoms with Gasteiger partial charge in [0.05, 0.1) is 16.6 Å². The van der Waals surface area contributed by atoms with Crippen LogP contribution < -0.4 is 11.1 Å². The molecule has 0 fully saturated rings. The van der Waals surface area contributed by atoms with Crippen molar-refractivity contribution in [3.05, 3.63) is 160 Å². The minimum Gasteiger partial charge on any atom is -0.304 e. The third kappa shape index (κ3) is 3.29. The van der Waals surface area contributed by atoms with Crippen molar-refractivity contribution in [1.82, 2.24) is 13.5 Å². The van der Waals surface area contributed by atoms with E-state index in [-0.39, 0.29) is 11.1 Å². The number of benzene rings is 5. The van der Waals surface area contributed by atoms with Crippen LogP contribution in [0, 0.1) is 0 Å². The fourth-order valence-electron chi connectivity index (χ4n) is 6.19. The van der Waals surface area contributed by atoms with Crippen molar-refractivity contribution in [1.29, 1.82) is 0 Å². The molecular weight excluding hydrogens is 506 g/mol. The van der Waals surface area contributed by atoms with Crippen molar-refractivity contribution in [2.24, 2.45) is 0 Å². The monoisotopic (exact) mass is 529 g/mol. The molecule has 0 amide bonds. The lowest BCUT2D eigenvalue weighted by Crippen LogP contribution is -2.28. The second kappa shape index (κ2) is 8.93. The largest absolute Gasteiger partial charge is 0.304 e. The molecule has 5 heteroatoms. The van der Waals surface area contributed by atoms with Gasteiger partial charge < -0.3 is 4.57 Å². The van der Waals surface area contributed by atoms with Gasteiger partial charge in [0.2, 0.25) is 0 Å². The van der Waals surface area contributed by atoms with E-state index >= 15 is 0 Å². The predicted octanol–water partition coefficient (Wildman–Crippen LogP) is 7.37. The summed E-state index contributed by atoms with van der Waals surface area (Å²) in [6, 6.07) is 45.1. The highest BCUT2D eigenvalue weighted by molar-refractivity contribution is 6.19. The van der Waals surface area contributed by atoms with Crippen LogP contribution in [0.3, 0.4) is 0 Å². The standard InChI is InChI=1S/C36H23N3O2/c40-35-33-31(24-14-4-1-5-15-24)32-27-20-10-11-21-28(27)37(25-16-6-2-7-17-25)34(32)36(41)39(33)30-23-13-12-22-29(30)38(35)26-18-8-3-9-19-26/h1-23H. The van der Waals surface area contributed by atoms with Gasteiger partial charge >= 0.3 is 0 Å². The number of para-hydroxylation sites is 5. The van der Waals surface area contributed by atoms with E-state index in [1.165, 1.54) is 0 Å². The first-order valence-corrected chi connectivity index (χ1v) is 13.6. The zero-order valence-corrected chi connectivity index (χ0v) is 21.9. The van der Waals surface area contributed by atoms with E-state index in [0.29, 0.717) is 22.1 Å². The molecule has 0 atom stereocenters. The summed E-state index contributed by atoms with van der Waals surface area (Å²) in [5.74, 6) is 0. The Hall–Kier alpha value is -5.68. The molecule has 0 saturated carbocycles. The predicted molar refractivity (Wildman–Crippen MR) is 167 cm³/mol. The summed E-state index contributed by atoms with van der Waals surface area (Å²) < 4.78 is 5.38. The molecule has 3 aromatic heterocycles. The molecule has 0 aliphatic rings. The van der Waals surface area contributed by atoms with Gasteiger partial charge in [0, 0.05) is 27.7 Å². The molecule has 0 aliphatic heterocycles. The van der Waals surface area contributed by atoms with Gasteiger partial charge in [0.1, 0.15) is 11.0 Å². The van der Waals surface area contributed by atoms with Gasteiger partial charge in [-0.15, -0.1) is 0 Å². The molecule has 5 aromatic carbocycles. The van der Waals surface area contributed by atoms with Crippen LogP contribution in [0.5, 0.6) is 0 Å². The van der Waals surface area contributed by atoms with Gasteiger partial charge in [-0.25, -0.2) is 0 Å². The molecule has 0 bridgehead atoms. The molecule has 3 heterocycles. The Kier molecular flexibility index (Phi) is 5.06. The lowest BCUT2D eigenvalue weighted by molar-refractivity contribution is 1.00. The fourth-order valence-corrected chi connectivity index (χ4v) is 6.19. The van der Waals surface area contributed by atoms with Crippen molar-refractivity contribution in [2.75, 3.05) is 0 Å². The molecular formula is C36H23N3O2. The summed E-state index contributed by atoms with van der Waals surface area (Å²) in [4.78, 5) is 29.6.